The maximum Gasteiger partial charge on any atom is 0.335 e. The third-order valence-corrected chi connectivity index (χ3v) is 2.64. The van der Waals surface area contributed by atoms with Crippen LogP contribution in [0, 0.1) is 0 Å². The molecule has 0 unspecified atom stereocenters. The van der Waals surface area contributed by atoms with Crippen molar-refractivity contribution >= 4 is 39.9 Å². The maximum absolute atomic E-state index is 10.7. The summed E-state index contributed by atoms with van der Waals surface area (Å²) < 4.78 is 0. The molecule has 76 valence electrons. The van der Waals surface area contributed by atoms with E-state index in [-0.39, 0.29) is 5.56 Å². The largest absolute Gasteiger partial charge is 0.478 e. The van der Waals surface area contributed by atoms with Gasteiger partial charge < -0.3 is 5.11 Å². The normalized spacial score (nSPS) is 10.5. The Morgan fingerprint density at radius 3 is 2.53 bits per heavy atom. The lowest BCUT2D eigenvalue weighted by atomic mass is 10.1. The van der Waals surface area contributed by atoms with Crippen LogP contribution in [0.1, 0.15) is 10.4 Å². The Labute approximate surface area is 96.0 Å². The molecule has 0 aromatic heterocycles. The lowest BCUT2D eigenvalue weighted by molar-refractivity contribution is 0.0697. The zero-order valence-electron chi connectivity index (χ0n) is 7.50. The minimum Gasteiger partial charge on any atom is -0.478 e. The van der Waals surface area contributed by atoms with E-state index in [1.54, 1.807) is 24.3 Å². The summed E-state index contributed by atoms with van der Waals surface area (Å²) in [7, 11) is 0. The van der Waals surface area contributed by atoms with Gasteiger partial charge >= 0.3 is 5.97 Å². The Hall–Kier alpha value is -1.25. The standard InChI is InChI=1S/C11H6Cl2O2/c12-8-4-7-3-6(11(14)15)1-2-9(7)10(13)5-8/h1-5H,(H,14,15). The highest BCUT2D eigenvalue weighted by molar-refractivity contribution is 6.38. The van der Waals surface area contributed by atoms with Gasteiger partial charge in [-0.25, -0.2) is 4.79 Å². The van der Waals surface area contributed by atoms with Crippen molar-refractivity contribution in [3.05, 3.63) is 45.9 Å². The first-order valence-corrected chi connectivity index (χ1v) is 4.95. The van der Waals surface area contributed by atoms with Gasteiger partial charge in [-0.15, -0.1) is 0 Å². The summed E-state index contributed by atoms with van der Waals surface area (Å²) >= 11 is 11.8. The van der Waals surface area contributed by atoms with Crippen molar-refractivity contribution in [3.63, 3.8) is 0 Å². The Bertz CT molecular complexity index is 550. The van der Waals surface area contributed by atoms with Crippen LogP contribution in [-0.2, 0) is 0 Å². The van der Waals surface area contributed by atoms with Crippen molar-refractivity contribution < 1.29 is 9.90 Å². The molecular formula is C11H6Cl2O2. The topological polar surface area (TPSA) is 37.3 Å². The minimum atomic E-state index is -0.965. The van der Waals surface area contributed by atoms with Crippen LogP contribution in [0.25, 0.3) is 10.8 Å². The van der Waals surface area contributed by atoms with Crippen LogP contribution in [0.4, 0.5) is 0 Å². The van der Waals surface area contributed by atoms with Crippen LogP contribution in [0.3, 0.4) is 0 Å². The van der Waals surface area contributed by atoms with Crippen molar-refractivity contribution in [3.8, 4) is 0 Å². The fourth-order valence-electron chi connectivity index (χ4n) is 1.42. The molecule has 0 spiro atoms. The van der Waals surface area contributed by atoms with Crippen LogP contribution in [0.5, 0.6) is 0 Å². The van der Waals surface area contributed by atoms with Crippen LogP contribution >= 0.6 is 23.2 Å². The van der Waals surface area contributed by atoms with E-state index >= 15 is 0 Å². The van der Waals surface area contributed by atoms with Gasteiger partial charge in [0, 0.05) is 15.4 Å². The Balaban J connectivity index is 2.76. The molecule has 2 aromatic carbocycles. The fraction of sp³-hybridized carbons (Fsp3) is 0. The summed E-state index contributed by atoms with van der Waals surface area (Å²) in [5.74, 6) is -0.965. The Morgan fingerprint density at radius 1 is 1.13 bits per heavy atom. The van der Waals surface area contributed by atoms with Crippen molar-refractivity contribution in [2.75, 3.05) is 0 Å². The predicted octanol–water partition coefficient (Wildman–Crippen LogP) is 3.84. The monoisotopic (exact) mass is 240 g/mol. The molecule has 0 aliphatic rings. The van der Waals surface area contributed by atoms with Crippen molar-refractivity contribution in [1.29, 1.82) is 0 Å². The quantitative estimate of drug-likeness (QED) is 0.823. The molecule has 2 rings (SSSR count). The number of hydrogen-bond donors (Lipinski definition) is 1. The highest BCUT2D eigenvalue weighted by atomic mass is 35.5. The first kappa shape index (κ1) is 10.3. The molecule has 0 heterocycles. The third-order valence-electron chi connectivity index (χ3n) is 2.11. The average molecular weight is 241 g/mol. The van der Waals surface area contributed by atoms with Crippen molar-refractivity contribution in [2.24, 2.45) is 0 Å². The van der Waals surface area contributed by atoms with Gasteiger partial charge in [-0.05, 0) is 29.7 Å². The third kappa shape index (κ3) is 1.91. The van der Waals surface area contributed by atoms with Crippen LogP contribution in [0.15, 0.2) is 30.3 Å². The van der Waals surface area contributed by atoms with E-state index in [1.807, 2.05) is 0 Å². The number of halogens is 2. The number of carboxylic acid groups (broad SMARTS) is 1. The summed E-state index contributed by atoms with van der Waals surface area (Å²) in [5, 5.41) is 11.4. The van der Waals surface area contributed by atoms with Crippen LogP contribution in [-0.4, -0.2) is 11.1 Å². The number of benzene rings is 2. The lowest BCUT2D eigenvalue weighted by Crippen LogP contribution is -1.95. The summed E-state index contributed by atoms with van der Waals surface area (Å²) in [5.41, 5.74) is 0.223. The Kier molecular flexibility index (Phi) is 2.55. The molecule has 15 heavy (non-hydrogen) atoms. The number of fused-ring (bicyclic) bond motifs is 1. The SMILES string of the molecule is O=C(O)c1ccc2c(Cl)cc(Cl)cc2c1. The van der Waals surface area contributed by atoms with E-state index in [2.05, 4.69) is 0 Å². The van der Waals surface area contributed by atoms with Crippen LogP contribution < -0.4 is 0 Å². The first-order chi connectivity index (χ1) is 7.08. The smallest absolute Gasteiger partial charge is 0.335 e. The molecule has 4 heteroatoms. The summed E-state index contributed by atoms with van der Waals surface area (Å²) in [6, 6.07) is 8.07. The molecule has 0 saturated heterocycles. The zero-order chi connectivity index (χ0) is 11.0. The number of carboxylic acids is 1. The van der Waals surface area contributed by atoms with Crippen molar-refractivity contribution in [1.82, 2.24) is 0 Å². The summed E-state index contributed by atoms with van der Waals surface area (Å²) in [6.45, 7) is 0. The highest BCUT2D eigenvalue weighted by Gasteiger charge is 2.06. The van der Waals surface area contributed by atoms with E-state index in [1.165, 1.54) is 6.07 Å². The number of aromatic carboxylic acids is 1. The highest BCUT2D eigenvalue weighted by Crippen LogP contribution is 2.28. The van der Waals surface area contributed by atoms with E-state index in [4.69, 9.17) is 28.3 Å². The number of rotatable bonds is 1. The molecule has 0 amide bonds. The molecule has 0 fully saturated rings. The maximum atomic E-state index is 10.7. The van der Waals surface area contributed by atoms with Gasteiger partial charge in [-0.3, -0.25) is 0 Å². The van der Waals surface area contributed by atoms with Gasteiger partial charge in [0.25, 0.3) is 0 Å². The van der Waals surface area contributed by atoms with E-state index in [0.29, 0.717) is 10.0 Å². The van der Waals surface area contributed by atoms with E-state index in [9.17, 15) is 4.79 Å². The van der Waals surface area contributed by atoms with Gasteiger partial charge in [0.05, 0.1) is 5.56 Å². The van der Waals surface area contributed by atoms with E-state index < -0.39 is 5.97 Å². The molecule has 0 radical (unpaired) electrons. The molecule has 2 aromatic rings. The molecule has 0 aliphatic heterocycles. The van der Waals surface area contributed by atoms with Gasteiger partial charge in [0.15, 0.2) is 0 Å². The second-order valence-corrected chi connectivity index (χ2v) is 3.97. The average Bonchev–Trinajstić information content (AvgIpc) is 2.16. The second-order valence-electron chi connectivity index (χ2n) is 3.13. The Morgan fingerprint density at radius 2 is 1.87 bits per heavy atom. The van der Waals surface area contributed by atoms with Gasteiger partial charge in [-0.1, -0.05) is 29.3 Å². The molecule has 0 aliphatic carbocycles. The summed E-state index contributed by atoms with van der Waals surface area (Å²) in [6.07, 6.45) is 0. The molecule has 0 saturated carbocycles. The van der Waals surface area contributed by atoms with E-state index in [0.717, 1.165) is 10.8 Å². The molecular weight excluding hydrogens is 235 g/mol. The van der Waals surface area contributed by atoms with Gasteiger partial charge in [-0.2, -0.15) is 0 Å². The molecule has 0 bridgehead atoms. The van der Waals surface area contributed by atoms with Crippen LogP contribution in [0.2, 0.25) is 10.0 Å². The van der Waals surface area contributed by atoms with Gasteiger partial charge in [0.1, 0.15) is 0 Å². The predicted molar refractivity (Wildman–Crippen MR) is 60.9 cm³/mol. The number of carbonyl (C=O) groups is 1. The first-order valence-electron chi connectivity index (χ1n) is 4.20. The molecule has 2 nitrogen and oxygen atoms in total. The fourth-order valence-corrected chi connectivity index (χ4v) is 1.99. The zero-order valence-corrected chi connectivity index (χ0v) is 9.01. The van der Waals surface area contributed by atoms with Gasteiger partial charge in [0.2, 0.25) is 0 Å². The second kappa shape index (κ2) is 3.72. The minimum absolute atomic E-state index is 0.223. The molecule has 0 atom stereocenters. The van der Waals surface area contributed by atoms with Crippen molar-refractivity contribution in [2.45, 2.75) is 0 Å². The molecule has 1 N–H and O–H groups in total. The number of hydrogen-bond acceptors (Lipinski definition) is 1. The summed E-state index contributed by atoms with van der Waals surface area (Å²) in [4.78, 5) is 10.7. The lowest BCUT2D eigenvalue weighted by Gasteiger charge is -2.02.